The van der Waals surface area contributed by atoms with Gasteiger partial charge in [0, 0.05) is 44.8 Å². The van der Waals surface area contributed by atoms with Gasteiger partial charge >= 0.3 is 0 Å². The van der Waals surface area contributed by atoms with Gasteiger partial charge in [-0.25, -0.2) is 0 Å². The van der Waals surface area contributed by atoms with Crippen LogP contribution in [-0.4, -0.2) is 47.3 Å². The molecule has 1 N–H and O–H groups in total. The molecule has 0 aliphatic carbocycles. The molecule has 0 aromatic carbocycles. The molecule has 8 heteroatoms. The van der Waals surface area contributed by atoms with Gasteiger partial charge in [-0.3, -0.25) is 9.59 Å². The SMILES string of the molecule is CO[C@H]1CN(C(=O)c2c[nH]c(=O)c(Cl)c2)C[C@H]1Cc1cc(C)no1. The van der Waals surface area contributed by atoms with Crippen molar-refractivity contribution in [3.63, 3.8) is 0 Å². The van der Waals surface area contributed by atoms with Gasteiger partial charge in [0.05, 0.1) is 17.4 Å². The van der Waals surface area contributed by atoms with Crippen molar-refractivity contribution in [2.75, 3.05) is 20.2 Å². The third-order valence-corrected chi connectivity index (χ3v) is 4.50. The summed E-state index contributed by atoms with van der Waals surface area (Å²) in [5.41, 5.74) is 0.765. The van der Waals surface area contributed by atoms with Crippen molar-refractivity contribution >= 4 is 17.5 Å². The first-order chi connectivity index (χ1) is 11.5. The Labute approximate surface area is 143 Å². The minimum Gasteiger partial charge on any atom is -0.379 e. The van der Waals surface area contributed by atoms with Crippen LogP contribution in [0.1, 0.15) is 21.8 Å². The highest BCUT2D eigenvalue weighted by Crippen LogP contribution is 2.25. The van der Waals surface area contributed by atoms with Crippen molar-refractivity contribution in [3.8, 4) is 0 Å². The summed E-state index contributed by atoms with van der Waals surface area (Å²) in [6.45, 7) is 2.88. The van der Waals surface area contributed by atoms with Crippen LogP contribution in [0.2, 0.25) is 5.02 Å². The molecule has 2 atom stereocenters. The number of hydrogen-bond donors (Lipinski definition) is 1. The number of nitrogens with one attached hydrogen (secondary N) is 1. The van der Waals surface area contributed by atoms with E-state index in [2.05, 4.69) is 10.1 Å². The number of aromatic amines is 1. The Morgan fingerprint density at radius 1 is 1.50 bits per heavy atom. The van der Waals surface area contributed by atoms with Gasteiger partial charge in [0.15, 0.2) is 0 Å². The maximum Gasteiger partial charge on any atom is 0.266 e. The van der Waals surface area contributed by atoms with Crippen molar-refractivity contribution in [3.05, 3.63) is 50.7 Å². The van der Waals surface area contributed by atoms with Crippen molar-refractivity contribution in [2.24, 2.45) is 5.92 Å². The molecule has 2 aromatic rings. The number of likely N-dealkylation sites (tertiary alicyclic amines) is 1. The number of halogens is 1. The molecule has 0 unspecified atom stereocenters. The predicted octanol–water partition coefficient (Wildman–Crippen LogP) is 1.65. The lowest BCUT2D eigenvalue weighted by atomic mass is 10.0. The lowest BCUT2D eigenvalue weighted by Gasteiger charge is -2.16. The van der Waals surface area contributed by atoms with Crippen LogP contribution in [0.15, 0.2) is 27.6 Å². The average molecular weight is 352 g/mol. The Morgan fingerprint density at radius 2 is 2.29 bits per heavy atom. The molecule has 1 fully saturated rings. The molecule has 3 rings (SSSR count). The Bertz CT molecular complexity index is 801. The molecule has 1 aliphatic rings. The number of rotatable bonds is 4. The van der Waals surface area contributed by atoms with Crippen molar-refractivity contribution in [1.82, 2.24) is 15.0 Å². The first-order valence-electron chi connectivity index (χ1n) is 7.60. The Kier molecular flexibility index (Phi) is 4.73. The monoisotopic (exact) mass is 351 g/mol. The normalized spacial score (nSPS) is 20.5. The van der Waals surface area contributed by atoms with E-state index in [1.807, 2.05) is 13.0 Å². The third kappa shape index (κ3) is 3.37. The third-order valence-electron chi connectivity index (χ3n) is 4.22. The molecular formula is C16H18ClN3O4. The van der Waals surface area contributed by atoms with E-state index in [1.165, 1.54) is 12.3 Å². The van der Waals surface area contributed by atoms with Crippen LogP contribution < -0.4 is 5.56 Å². The lowest BCUT2D eigenvalue weighted by Crippen LogP contribution is -2.30. The second-order valence-electron chi connectivity index (χ2n) is 5.95. The standard InChI is InChI=1S/C16H18ClN3O4/c1-9-3-12(24-19-9)4-11-7-20(8-14(11)23-2)16(22)10-5-13(17)15(21)18-6-10/h3,5-6,11,14H,4,7-8H2,1-2H3,(H,18,21)/t11-,14+/m1/s1. The van der Waals surface area contributed by atoms with E-state index in [4.69, 9.17) is 20.9 Å². The largest absolute Gasteiger partial charge is 0.379 e. The minimum absolute atomic E-state index is 0.00276. The minimum atomic E-state index is -0.414. The molecule has 3 heterocycles. The van der Waals surface area contributed by atoms with Crippen LogP contribution in [0.25, 0.3) is 0 Å². The molecule has 0 bridgehead atoms. The summed E-state index contributed by atoms with van der Waals surface area (Å²) in [5.74, 6) is 0.705. The fourth-order valence-electron chi connectivity index (χ4n) is 3.00. The first-order valence-corrected chi connectivity index (χ1v) is 7.98. The molecule has 128 valence electrons. The van der Waals surface area contributed by atoms with Crippen LogP contribution >= 0.6 is 11.6 Å². The summed E-state index contributed by atoms with van der Waals surface area (Å²) in [4.78, 5) is 28.1. The van der Waals surface area contributed by atoms with E-state index in [0.29, 0.717) is 25.1 Å². The number of methoxy groups -OCH3 is 1. The van der Waals surface area contributed by atoms with Gasteiger partial charge < -0.3 is 19.1 Å². The van der Waals surface area contributed by atoms with E-state index in [0.717, 1.165) is 11.5 Å². The van der Waals surface area contributed by atoms with E-state index in [-0.39, 0.29) is 23.0 Å². The second-order valence-corrected chi connectivity index (χ2v) is 6.36. The van der Waals surface area contributed by atoms with Gasteiger partial charge in [-0.2, -0.15) is 0 Å². The summed E-state index contributed by atoms with van der Waals surface area (Å²) >= 11 is 5.80. The summed E-state index contributed by atoms with van der Waals surface area (Å²) in [6, 6.07) is 3.27. The first kappa shape index (κ1) is 16.7. The smallest absolute Gasteiger partial charge is 0.266 e. The number of carbonyl (C=O) groups excluding carboxylic acids is 1. The molecule has 0 radical (unpaired) electrons. The van der Waals surface area contributed by atoms with Crippen molar-refractivity contribution in [2.45, 2.75) is 19.4 Å². The number of nitrogens with zero attached hydrogens (tertiary/aromatic N) is 2. The van der Waals surface area contributed by atoms with Crippen LogP contribution in [0.4, 0.5) is 0 Å². The average Bonchev–Trinajstić information content (AvgIpc) is 3.16. The molecule has 2 aromatic heterocycles. The predicted molar refractivity (Wildman–Crippen MR) is 87.2 cm³/mol. The number of H-pyrrole nitrogens is 1. The van der Waals surface area contributed by atoms with Gasteiger partial charge in [-0.1, -0.05) is 16.8 Å². The maximum absolute atomic E-state index is 12.6. The molecule has 24 heavy (non-hydrogen) atoms. The highest BCUT2D eigenvalue weighted by Gasteiger charge is 2.36. The zero-order valence-electron chi connectivity index (χ0n) is 13.4. The van der Waals surface area contributed by atoms with Crippen LogP contribution in [0, 0.1) is 12.8 Å². The number of pyridine rings is 1. The fraction of sp³-hybridized carbons (Fsp3) is 0.438. The zero-order chi connectivity index (χ0) is 17.3. The Hall–Kier alpha value is -2.12. The summed E-state index contributed by atoms with van der Waals surface area (Å²) in [7, 11) is 1.63. The van der Waals surface area contributed by atoms with Crippen molar-refractivity contribution < 1.29 is 14.1 Å². The van der Waals surface area contributed by atoms with Crippen LogP contribution in [0.5, 0.6) is 0 Å². The Balaban J connectivity index is 1.74. The van der Waals surface area contributed by atoms with Gasteiger partial charge in [-0.05, 0) is 13.0 Å². The molecule has 1 saturated heterocycles. The second kappa shape index (κ2) is 6.78. The lowest BCUT2D eigenvalue weighted by molar-refractivity contribution is 0.0672. The van der Waals surface area contributed by atoms with Gasteiger partial charge in [0.25, 0.3) is 11.5 Å². The highest BCUT2D eigenvalue weighted by molar-refractivity contribution is 6.30. The number of aryl methyl sites for hydroxylation is 1. The van der Waals surface area contributed by atoms with Crippen molar-refractivity contribution in [1.29, 1.82) is 0 Å². The van der Waals surface area contributed by atoms with E-state index >= 15 is 0 Å². The highest BCUT2D eigenvalue weighted by atomic mass is 35.5. The van der Waals surface area contributed by atoms with Gasteiger partial charge in [0.1, 0.15) is 10.8 Å². The quantitative estimate of drug-likeness (QED) is 0.904. The molecule has 0 saturated carbocycles. The van der Waals surface area contributed by atoms with E-state index in [1.54, 1.807) is 12.0 Å². The zero-order valence-corrected chi connectivity index (χ0v) is 14.2. The molecule has 1 aliphatic heterocycles. The number of aromatic nitrogens is 2. The number of carbonyl (C=O) groups is 1. The summed E-state index contributed by atoms with van der Waals surface area (Å²) in [6.07, 6.45) is 1.94. The van der Waals surface area contributed by atoms with Gasteiger partial charge in [0.2, 0.25) is 0 Å². The number of hydrogen-bond acceptors (Lipinski definition) is 5. The molecule has 0 spiro atoms. The summed E-state index contributed by atoms with van der Waals surface area (Å²) in [5, 5.41) is 3.88. The van der Waals surface area contributed by atoms with Crippen LogP contribution in [-0.2, 0) is 11.2 Å². The fourth-order valence-corrected chi connectivity index (χ4v) is 3.18. The topological polar surface area (TPSA) is 88.4 Å². The number of amides is 1. The van der Waals surface area contributed by atoms with E-state index < -0.39 is 5.56 Å². The van der Waals surface area contributed by atoms with E-state index in [9.17, 15) is 9.59 Å². The maximum atomic E-state index is 12.6. The van der Waals surface area contributed by atoms with Crippen LogP contribution in [0.3, 0.4) is 0 Å². The van der Waals surface area contributed by atoms with Gasteiger partial charge in [-0.15, -0.1) is 0 Å². The Morgan fingerprint density at radius 3 is 2.92 bits per heavy atom. The molecule has 1 amide bonds. The molecular weight excluding hydrogens is 334 g/mol. The number of ether oxygens (including phenoxy) is 1. The molecule has 7 nitrogen and oxygen atoms in total. The summed E-state index contributed by atoms with van der Waals surface area (Å²) < 4.78 is 10.8.